The third-order valence-electron chi connectivity index (χ3n) is 1.97. The molecule has 0 unspecified atom stereocenters. The molecule has 0 bridgehead atoms. The molecular formula is C10H10N4O. The van der Waals surface area contributed by atoms with E-state index in [0.29, 0.717) is 17.1 Å². The fraction of sp³-hybridized carbons (Fsp3) is 0.200. The molecule has 2 rings (SSSR count). The van der Waals surface area contributed by atoms with E-state index in [2.05, 4.69) is 15.1 Å². The van der Waals surface area contributed by atoms with Crippen molar-refractivity contribution in [3.8, 4) is 11.4 Å². The van der Waals surface area contributed by atoms with E-state index in [1.165, 1.54) is 6.92 Å². The maximum Gasteiger partial charge on any atom is 0.180 e. The van der Waals surface area contributed by atoms with Gasteiger partial charge in [0, 0.05) is 32.6 Å². The van der Waals surface area contributed by atoms with Crippen molar-refractivity contribution in [1.29, 1.82) is 0 Å². The standard InChI is InChI=1S/C10H10N4O/c1-7(15)9-8(6-14(2)13-9)10-11-4-3-5-12-10/h3-6H,1-2H3. The van der Waals surface area contributed by atoms with Gasteiger partial charge in [0.15, 0.2) is 11.6 Å². The molecule has 2 heterocycles. The van der Waals surface area contributed by atoms with E-state index in [-0.39, 0.29) is 5.78 Å². The van der Waals surface area contributed by atoms with E-state index >= 15 is 0 Å². The molecule has 0 N–H and O–H groups in total. The predicted octanol–water partition coefficient (Wildman–Crippen LogP) is 1.08. The van der Waals surface area contributed by atoms with Gasteiger partial charge in [0.05, 0.1) is 5.56 Å². The molecule has 0 fully saturated rings. The van der Waals surface area contributed by atoms with Crippen LogP contribution in [0.1, 0.15) is 17.4 Å². The Labute approximate surface area is 86.8 Å². The summed E-state index contributed by atoms with van der Waals surface area (Å²) in [7, 11) is 1.76. The van der Waals surface area contributed by atoms with Gasteiger partial charge in [0.1, 0.15) is 5.69 Å². The Morgan fingerprint density at radius 2 is 2.00 bits per heavy atom. The van der Waals surface area contributed by atoms with E-state index in [9.17, 15) is 4.79 Å². The summed E-state index contributed by atoms with van der Waals surface area (Å²) in [5.41, 5.74) is 1.08. The van der Waals surface area contributed by atoms with Crippen molar-refractivity contribution >= 4 is 5.78 Å². The van der Waals surface area contributed by atoms with Crippen LogP contribution in [0.25, 0.3) is 11.4 Å². The van der Waals surface area contributed by atoms with Gasteiger partial charge in [-0.15, -0.1) is 0 Å². The Morgan fingerprint density at radius 1 is 1.33 bits per heavy atom. The van der Waals surface area contributed by atoms with Crippen molar-refractivity contribution in [2.24, 2.45) is 7.05 Å². The zero-order valence-corrected chi connectivity index (χ0v) is 8.51. The average Bonchev–Trinajstić information content (AvgIpc) is 2.62. The number of nitrogens with zero attached hydrogens (tertiary/aromatic N) is 4. The Kier molecular flexibility index (Phi) is 2.29. The molecule has 0 aliphatic rings. The summed E-state index contributed by atoms with van der Waals surface area (Å²) in [6.45, 7) is 1.48. The highest BCUT2D eigenvalue weighted by Crippen LogP contribution is 2.18. The summed E-state index contributed by atoms with van der Waals surface area (Å²) >= 11 is 0. The quantitative estimate of drug-likeness (QED) is 0.683. The first kappa shape index (κ1) is 9.51. The van der Waals surface area contributed by atoms with Gasteiger partial charge in [-0.1, -0.05) is 0 Å². The van der Waals surface area contributed by atoms with Crippen LogP contribution in [0.2, 0.25) is 0 Å². The second-order valence-electron chi connectivity index (χ2n) is 3.19. The van der Waals surface area contributed by atoms with E-state index in [1.807, 2.05) is 0 Å². The first-order valence-corrected chi connectivity index (χ1v) is 4.50. The van der Waals surface area contributed by atoms with E-state index in [0.717, 1.165) is 0 Å². The van der Waals surface area contributed by atoms with Gasteiger partial charge >= 0.3 is 0 Å². The summed E-state index contributed by atoms with van der Waals surface area (Å²) in [6, 6.07) is 1.73. The smallest absolute Gasteiger partial charge is 0.180 e. The second-order valence-corrected chi connectivity index (χ2v) is 3.19. The predicted molar refractivity (Wildman–Crippen MR) is 54.2 cm³/mol. The van der Waals surface area contributed by atoms with Crippen molar-refractivity contribution < 1.29 is 4.79 Å². The summed E-state index contributed by atoms with van der Waals surface area (Å²) in [6.07, 6.45) is 5.02. The van der Waals surface area contributed by atoms with Crippen LogP contribution in [-0.4, -0.2) is 25.5 Å². The highest BCUT2D eigenvalue weighted by Gasteiger charge is 2.15. The number of carbonyl (C=O) groups is 1. The molecule has 2 aromatic heterocycles. The van der Waals surface area contributed by atoms with E-state index in [4.69, 9.17) is 0 Å². The molecule has 0 saturated heterocycles. The molecule has 0 aliphatic heterocycles. The first-order chi connectivity index (χ1) is 7.18. The summed E-state index contributed by atoms with van der Waals surface area (Å²) < 4.78 is 1.59. The average molecular weight is 202 g/mol. The van der Waals surface area contributed by atoms with Gasteiger partial charge in [0.2, 0.25) is 0 Å². The Hall–Kier alpha value is -2.04. The molecule has 0 amide bonds. The van der Waals surface area contributed by atoms with Gasteiger partial charge in [-0.25, -0.2) is 9.97 Å². The van der Waals surface area contributed by atoms with Gasteiger partial charge < -0.3 is 0 Å². The number of aromatic nitrogens is 4. The first-order valence-electron chi connectivity index (χ1n) is 4.50. The fourth-order valence-corrected chi connectivity index (χ4v) is 1.35. The molecule has 15 heavy (non-hydrogen) atoms. The third-order valence-corrected chi connectivity index (χ3v) is 1.97. The van der Waals surface area contributed by atoms with E-state index in [1.54, 1.807) is 36.4 Å². The van der Waals surface area contributed by atoms with Crippen LogP contribution in [0.4, 0.5) is 0 Å². The van der Waals surface area contributed by atoms with Crippen LogP contribution < -0.4 is 0 Å². The maximum absolute atomic E-state index is 11.3. The summed E-state index contributed by atoms with van der Waals surface area (Å²) in [4.78, 5) is 19.5. The minimum absolute atomic E-state index is 0.0851. The number of rotatable bonds is 2. The van der Waals surface area contributed by atoms with Gasteiger partial charge in [-0.05, 0) is 6.07 Å². The molecule has 5 heteroatoms. The zero-order valence-electron chi connectivity index (χ0n) is 8.51. The summed E-state index contributed by atoms with van der Waals surface area (Å²) in [5.74, 6) is 0.439. The molecule has 2 aromatic rings. The largest absolute Gasteiger partial charge is 0.293 e. The van der Waals surface area contributed by atoms with Crippen molar-refractivity contribution in [3.63, 3.8) is 0 Å². The molecule has 0 spiro atoms. The topological polar surface area (TPSA) is 60.7 Å². The lowest BCUT2D eigenvalue weighted by atomic mass is 10.2. The van der Waals surface area contributed by atoms with Crippen LogP contribution in [0.15, 0.2) is 24.7 Å². The minimum Gasteiger partial charge on any atom is -0.293 e. The number of hydrogen-bond donors (Lipinski definition) is 0. The number of aryl methyl sites for hydroxylation is 1. The lowest BCUT2D eigenvalue weighted by Crippen LogP contribution is -1.98. The number of Topliss-reactive ketones (excluding diaryl/α,β-unsaturated/α-hetero) is 1. The Balaban J connectivity index is 2.58. The van der Waals surface area contributed by atoms with Gasteiger partial charge in [-0.2, -0.15) is 5.10 Å². The molecule has 0 aliphatic carbocycles. The highest BCUT2D eigenvalue weighted by molar-refractivity contribution is 5.97. The van der Waals surface area contributed by atoms with Crippen molar-refractivity contribution in [2.75, 3.05) is 0 Å². The van der Waals surface area contributed by atoms with Crippen molar-refractivity contribution in [2.45, 2.75) is 6.92 Å². The third kappa shape index (κ3) is 1.76. The highest BCUT2D eigenvalue weighted by atomic mass is 16.1. The maximum atomic E-state index is 11.3. The molecule has 0 aromatic carbocycles. The monoisotopic (exact) mass is 202 g/mol. The number of hydrogen-bond acceptors (Lipinski definition) is 4. The molecule has 0 atom stereocenters. The molecule has 76 valence electrons. The van der Waals surface area contributed by atoms with Crippen molar-refractivity contribution in [3.05, 3.63) is 30.4 Å². The van der Waals surface area contributed by atoms with Crippen LogP contribution in [-0.2, 0) is 7.05 Å². The lowest BCUT2D eigenvalue weighted by Gasteiger charge is -1.95. The van der Waals surface area contributed by atoms with Crippen LogP contribution in [0, 0.1) is 0 Å². The Morgan fingerprint density at radius 3 is 2.60 bits per heavy atom. The van der Waals surface area contributed by atoms with Crippen LogP contribution in [0.3, 0.4) is 0 Å². The normalized spacial score (nSPS) is 10.3. The van der Waals surface area contributed by atoms with Crippen molar-refractivity contribution in [1.82, 2.24) is 19.7 Å². The SMILES string of the molecule is CC(=O)c1nn(C)cc1-c1ncccn1. The van der Waals surface area contributed by atoms with Gasteiger partial charge in [0.25, 0.3) is 0 Å². The van der Waals surface area contributed by atoms with Crippen LogP contribution >= 0.6 is 0 Å². The number of carbonyl (C=O) groups excluding carboxylic acids is 1. The second kappa shape index (κ2) is 3.61. The molecule has 0 saturated carbocycles. The van der Waals surface area contributed by atoms with Gasteiger partial charge in [-0.3, -0.25) is 9.48 Å². The fourth-order valence-electron chi connectivity index (χ4n) is 1.35. The van der Waals surface area contributed by atoms with Crippen LogP contribution in [0.5, 0.6) is 0 Å². The van der Waals surface area contributed by atoms with E-state index < -0.39 is 0 Å². The zero-order chi connectivity index (χ0) is 10.8. The molecule has 5 nitrogen and oxygen atoms in total. The minimum atomic E-state index is -0.0851. The lowest BCUT2D eigenvalue weighted by molar-refractivity contribution is 0.101. The Bertz CT molecular complexity index is 489. The summed E-state index contributed by atoms with van der Waals surface area (Å²) in [5, 5.41) is 4.07. The molecular weight excluding hydrogens is 192 g/mol. The number of ketones is 1. The molecule has 0 radical (unpaired) electrons.